The lowest BCUT2D eigenvalue weighted by atomic mass is 9.98. The molecule has 30 heavy (non-hydrogen) atoms. The first-order chi connectivity index (χ1) is 14.6. The Hall–Kier alpha value is -3.25. The lowest BCUT2D eigenvalue weighted by Gasteiger charge is -2.25. The van der Waals surface area contributed by atoms with Gasteiger partial charge in [0.1, 0.15) is 18.2 Å². The SMILES string of the molecule is O=C(O)CCc1ccc(OCc2cc(F)ccc2-c2ccc(C3COC3)nc2)cc1. The molecule has 1 N–H and O–H groups in total. The number of hydrogen-bond acceptors (Lipinski definition) is 4. The van der Waals surface area contributed by atoms with Gasteiger partial charge in [0.2, 0.25) is 0 Å². The van der Waals surface area contributed by atoms with E-state index in [1.165, 1.54) is 12.1 Å². The van der Waals surface area contributed by atoms with E-state index in [4.69, 9.17) is 14.6 Å². The topological polar surface area (TPSA) is 68.7 Å². The van der Waals surface area contributed by atoms with Crippen molar-refractivity contribution in [2.45, 2.75) is 25.4 Å². The van der Waals surface area contributed by atoms with Crippen molar-refractivity contribution in [3.8, 4) is 16.9 Å². The second kappa shape index (κ2) is 9.05. The van der Waals surface area contributed by atoms with Gasteiger partial charge in [-0.05, 0) is 47.9 Å². The van der Waals surface area contributed by atoms with E-state index in [-0.39, 0.29) is 18.8 Å². The Balaban J connectivity index is 1.46. The number of hydrogen-bond donors (Lipinski definition) is 1. The molecule has 0 radical (unpaired) electrons. The number of aliphatic carboxylic acids is 1. The third-order valence-corrected chi connectivity index (χ3v) is 5.17. The van der Waals surface area contributed by atoms with Crippen LogP contribution in [0.4, 0.5) is 4.39 Å². The summed E-state index contributed by atoms with van der Waals surface area (Å²) in [6.07, 6.45) is 2.37. The Morgan fingerprint density at radius 2 is 1.93 bits per heavy atom. The molecule has 0 bridgehead atoms. The normalized spacial score (nSPS) is 13.6. The Morgan fingerprint density at radius 3 is 2.57 bits per heavy atom. The number of pyridine rings is 1. The van der Waals surface area contributed by atoms with Crippen molar-refractivity contribution in [1.82, 2.24) is 4.98 Å². The van der Waals surface area contributed by atoms with Crippen LogP contribution in [0, 0.1) is 5.82 Å². The number of aryl methyl sites for hydroxylation is 1. The van der Waals surface area contributed by atoms with Gasteiger partial charge in [-0.3, -0.25) is 9.78 Å². The molecule has 2 aromatic carbocycles. The van der Waals surface area contributed by atoms with Gasteiger partial charge in [0, 0.05) is 35.4 Å². The number of halogens is 1. The Kier molecular flexibility index (Phi) is 6.05. The van der Waals surface area contributed by atoms with E-state index in [1.54, 1.807) is 18.2 Å². The molecular formula is C24H22FNO4. The highest BCUT2D eigenvalue weighted by molar-refractivity contribution is 5.67. The second-order valence-corrected chi connectivity index (χ2v) is 7.33. The molecule has 0 amide bonds. The Labute approximate surface area is 174 Å². The summed E-state index contributed by atoms with van der Waals surface area (Å²) < 4.78 is 25.0. The fraction of sp³-hybridized carbons (Fsp3) is 0.250. The number of carboxylic acids is 1. The molecule has 1 aliphatic heterocycles. The number of carbonyl (C=O) groups is 1. The first-order valence-electron chi connectivity index (χ1n) is 9.84. The van der Waals surface area contributed by atoms with E-state index in [0.29, 0.717) is 31.3 Å². The molecule has 1 fully saturated rings. The van der Waals surface area contributed by atoms with Gasteiger partial charge in [-0.1, -0.05) is 24.3 Å². The largest absolute Gasteiger partial charge is 0.489 e. The summed E-state index contributed by atoms with van der Waals surface area (Å²) in [5.41, 5.74) is 4.44. The van der Waals surface area contributed by atoms with Crippen LogP contribution in [0.25, 0.3) is 11.1 Å². The molecule has 3 aromatic rings. The number of aromatic nitrogens is 1. The molecule has 5 nitrogen and oxygen atoms in total. The van der Waals surface area contributed by atoms with Gasteiger partial charge in [0.25, 0.3) is 0 Å². The molecule has 2 heterocycles. The van der Waals surface area contributed by atoms with Crippen molar-refractivity contribution in [3.05, 3.63) is 83.4 Å². The highest BCUT2D eigenvalue weighted by Crippen LogP contribution is 2.28. The van der Waals surface area contributed by atoms with Crippen molar-refractivity contribution in [3.63, 3.8) is 0 Å². The lowest BCUT2D eigenvalue weighted by molar-refractivity contribution is -0.136. The van der Waals surface area contributed by atoms with Gasteiger partial charge >= 0.3 is 5.97 Å². The van der Waals surface area contributed by atoms with E-state index in [1.807, 2.05) is 30.5 Å². The average molecular weight is 407 g/mol. The van der Waals surface area contributed by atoms with Crippen LogP contribution >= 0.6 is 0 Å². The van der Waals surface area contributed by atoms with Crippen LogP contribution < -0.4 is 4.74 Å². The van der Waals surface area contributed by atoms with E-state index >= 15 is 0 Å². The highest BCUT2D eigenvalue weighted by atomic mass is 19.1. The zero-order valence-electron chi connectivity index (χ0n) is 16.4. The van der Waals surface area contributed by atoms with Crippen LogP contribution in [0.1, 0.15) is 29.2 Å². The number of benzene rings is 2. The first kappa shape index (κ1) is 20.0. The maximum Gasteiger partial charge on any atom is 0.303 e. The molecular weight excluding hydrogens is 385 g/mol. The van der Waals surface area contributed by atoms with Crippen LogP contribution in [-0.4, -0.2) is 29.3 Å². The average Bonchev–Trinajstić information content (AvgIpc) is 2.71. The maximum absolute atomic E-state index is 13.9. The predicted octanol–water partition coefficient (Wildman–Crippen LogP) is 4.60. The Bertz CT molecular complexity index is 1010. The second-order valence-electron chi connectivity index (χ2n) is 7.33. The van der Waals surface area contributed by atoms with Gasteiger partial charge in [-0.25, -0.2) is 4.39 Å². The molecule has 0 unspecified atom stereocenters. The van der Waals surface area contributed by atoms with E-state index in [9.17, 15) is 9.18 Å². The van der Waals surface area contributed by atoms with E-state index in [2.05, 4.69) is 4.98 Å². The molecule has 6 heteroatoms. The summed E-state index contributed by atoms with van der Waals surface area (Å²) >= 11 is 0. The van der Waals surface area contributed by atoms with Crippen LogP contribution in [0.15, 0.2) is 60.8 Å². The number of nitrogens with zero attached hydrogens (tertiary/aromatic N) is 1. The van der Waals surface area contributed by atoms with Crippen LogP contribution in [-0.2, 0) is 22.6 Å². The third kappa shape index (κ3) is 4.83. The smallest absolute Gasteiger partial charge is 0.303 e. The summed E-state index contributed by atoms with van der Waals surface area (Å²) in [7, 11) is 0. The lowest BCUT2D eigenvalue weighted by Crippen LogP contribution is -2.25. The number of rotatable bonds is 8. The number of carboxylic acid groups (broad SMARTS) is 1. The molecule has 1 aromatic heterocycles. The highest BCUT2D eigenvalue weighted by Gasteiger charge is 2.21. The van der Waals surface area contributed by atoms with Crippen molar-refractivity contribution < 1.29 is 23.8 Å². The summed E-state index contributed by atoms with van der Waals surface area (Å²) in [5, 5.41) is 8.77. The molecule has 1 aliphatic rings. The van der Waals surface area contributed by atoms with Crippen molar-refractivity contribution in [2.75, 3.05) is 13.2 Å². The quantitative estimate of drug-likeness (QED) is 0.591. The van der Waals surface area contributed by atoms with Crippen molar-refractivity contribution in [1.29, 1.82) is 0 Å². The summed E-state index contributed by atoms with van der Waals surface area (Å²) in [6.45, 7) is 1.62. The summed E-state index contributed by atoms with van der Waals surface area (Å²) in [5.74, 6) is -0.147. The fourth-order valence-corrected chi connectivity index (χ4v) is 3.34. The van der Waals surface area contributed by atoms with Gasteiger partial charge < -0.3 is 14.6 Å². The van der Waals surface area contributed by atoms with Crippen LogP contribution in [0.3, 0.4) is 0 Å². The van der Waals surface area contributed by atoms with Crippen LogP contribution in [0.5, 0.6) is 5.75 Å². The minimum Gasteiger partial charge on any atom is -0.489 e. The Morgan fingerprint density at radius 1 is 1.13 bits per heavy atom. The summed E-state index contributed by atoms with van der Waals surface area (Å²) in [4.78, 5) is 15.2. The van der Waals surface area contributed by atoms with Gasteiger partial charge in [-0.15, -0.1) is 0 Å². The first-order valence-corrected chi connectivity index (χ1v) is 9.84. The zero-order chi connectivity index (χ0) is 20.9. The molecule has 0 aliphatic carbocycles. The summed E-state index contributed by atoms with van der Waals surface area (Å²) in [6, 6.07) is 15.9. The third-order valence-electron chi connectivity index (χ3n) is 5.17. The van der Waals surface area contributed by atoms with Crippen molar-refractivity contribution in [2.24, 2.45) is 0 Å². The monoisotopic (exact) mass is 407 g/mol. The minimum absolute atomic E-state index is 0.0907. The van der Waals surface area contributed by atoms with E-state index in [0.717, 1.165) is 27.9 Å². The van der Waals surface area contributed by atoms with Crippen molar-refractivity contribution >= 4 is 5.97 Å². The van der Waals surface area contributed by atoms with Gasteiger partial charge in [0.05, 0.1) is 13.2 Å². The fourth-order valence-electron chi connectivity index (χ4n) is 3.34. The van der Waals surface area contributed by atoms with Gasteiger partial charge in [-0.2, -0.15) is 0 Å². The number of ether oxygens (including phenoxy) is 2. The standard InChI is InChI=1S/C24H22FNO4/c25-20-5-8-22(17-4-9-23(26-12-17)19-13-29-14-19)18(11-20)15-30-21-6-1-16(2-7-21)3-10-24(27)28/h1-2,4-9,11-12,19H,3,10,13-15H2,(H,27,28). The molecule has 0 saturated carbocycles. The zero-order valence-corrected chi connectivity index (χ0v) is 16.4. The molecule has 0 spiro atoms. The maximum atomic E-state index is 13.9. The van der Waals surface area contributed by atoms with E-state index < -0.39 is 5.97 Å². The minimum atomic E-state index is -0.822. The van der Waals surface area contributed by atoms with Gasteiger partial charge in [0.15, 0.2) is 0 Å². The van der Waals surface area contributed by atoms with Crippen LogP contribution in [0.2, 0.25) is 0 Å². The molecule has 154 valence electrons. The molecule has 0 atom stereocenters. The predicted molar refractivity (Wildman–Crippen MR) is 110 cm³/mol. The molecule has 4 rings (SSSR count). The molecule has 1 saturated heterocycles.